The van der Waals surface area contributed by atoms with Gasteiger partial charge in [-0.1, -0.05) is 23.2 Å². The molecule has 0 atom stereocenters. The number of hydrogen-bond donors (Lipinski definition) is 1. The standard InChI is InChI=1S/C10H7Cl2FO4S/c11-4-6(12)5-18(16,17)7-1-2-9(13)8(3-7)10(14)15/h1-4H,5H2,(H,14,15). The Balaban J connectivity index is 3.26. The van der Waals surface area contributed by atoms with E-state index in [1.165, 1.54) is 0 Å². The van der Waals surface area contributed by atoms with Gasteiger partial charge in [-0.15, -0.1) is 0 Å². The molecule has 0 heterocycles. The van der Waals surface area contributed by atoms with Gasteiger partial charge in [0.2, 0.25) is 0 Å². The monoisotopic (exact) mass is 312 g/mol. The Morgan fingerprint density at radius 3 is 2.56 bits per heavy atom. The van der Waals surface area contributed by atoms with E-state index in [1.807, 2.05) is 0 Å². The molecule has 8 heteroatoms. The minimum atomic E-state index is -3.86. The van der Waals surface area contributed by atoms with E-state index in [2.05, 4.69) is 0 Å². The molecule has 0 amide bonds. The van der Waals surface area contributed by atoms with Gasteiger partial charge >= 0.3 is 5.97 Å². The van der Waals surface area contributed by atoms with Crippen LogP contribution in [0.4, 0.5) is 4.39 Å². The van der Waals surface area contributed by atoms with Crippen LogP contribution in [0.2, 0.25) is 0 Å². The van der Waals surface area contributed by atoms with Gasteiger partial charge in [-0.05, 0) is 18.2 Å². The Hall–Kier alpha value is -1.11. The number of benzene rings is 1. The first-order valence-electron chi connectivity index (χ1n) is 4.48. The maximum atomic E-state index is 13.1. The Kier molecular flexibility index (Phi) is 4.72. The maximum Gasteiger partial charge on any atom is 0.338 e. The van der Waals surface area contributed by atoms with Crippen molar-refractivity contribution in [1.29, 1.82) is 0 Å². The Morgan fingerprint density at radius 2 is 2.06 bits per heavy atom. The molecule has 0 aliphatic carbocycles. The lowest BCUT2D eigenvalue weighted by Gasteiger charge is -2.05. The van der Waals surface area contributed by atoms with E-state index < -0.39 is 32.9 Å². The van der Waals surface area contributed by atoms with Crippen LogP contribution in [0, 0.1) is 5.82 Å². The third-order valence-corrected chi connectivity index (χ3v) is 4.41. The van der Waals surface area contributed by atoms with Crippen LogP contribution in [0.25, 0.3) is 0 Å². The summed E-state index contributed by atoms with van der Waals surface area (Å²) < 4.78 is 36.7. The first kappa shape index (κ1) is 14.9. The number of carbonyl (C=O) groups is 1. The highest BCUT2D eigenvalue weighted by Gasteiger charge is 2.20. The van der Waals surface area contributed by atoms with Crippen molar-refractivity contribution in [1.82, 2.24) is 0 Å². The molecule has 0 aliphatic heterocycles. The molecule has 0 aliphatic rings. The number of aromatic carboxylic acids is 1. The zero-order valence-corrected chi connectivity index (χ0v) is 11.1. The van der Waals surface area contributed by atoms with Crippen molar-refractivity contribution in [3.8, 4) is 0 Å². The maximum absolute atomic E-state index is 13.1. The molecule has 0 bridgehead atoms. The normalized spacial score (nSPS) is 12.5. The van der Waals surface area contributed by atoms with Gasteiger partial charge in [0, 0.05) is 10.6 Å². The molecule has 18 heavy (non-hydrogen) atoms. The molecule has 0 saturated heterocycles. The van der Waals surface area contributed by atoms with Crippen LogP contribution in [0.3, 0.4) is 0 Å². The van der Waals surface area contributed by atoms with Gasteiger partial charge in [-0.3, -0.25) is 0 Å². The van der Waals surface area contributed by atoms with Crippen molar-refractivity contribution in [2.24, 2.45) is 0 Å². The highest BCUT2D eigenvalue weighted by atomic mass is 35.5. The smallest absolute Gasteiger partial charge is 0.338 e. The highest BCUT2D eigenvalue weighted by molar-refractivity contribution is 7.91. The van der Waals surface area contributed by atoms with E-state index in [0.29, 0.717) is 0 Å². The van der Waals surface area contributed by atoms with Crippen molar-refractivity contribution >= 4 is 39.0 Å². The fourth-order valence-electron chi connectivity index (χ4n) is 1.16. The van der Waals surface area contributed by atoms with Crippen molar-refractivity contribution < 1.29 is 22.7 Å². The minimum absolute atomic E-state index is 0.127. The average molecular weight is 313 g/mol. The van der Waals surface area contributed by atoms with Crippen LogP contribution in [0.5, 0.6) is 0 Å². The molecule has 0 spiro atoms. The van der Waals surface area contributed by atoms with Gasteiger partial charge in [-0.2, -0.15) is 0 Å². The van der Waals surface area contributed by atoms with Gasteiger partial charge in [0.1, 0.15) is 5.82 Å². The summed E-state index contributed by atoms with van der Waals surface area (Å²) in [7, 11) is -3.86. The van der Waals surface area contributed by atoms with Crippen LogP contribution < -0.4 is 0 Å². The Bertz CT molecular complexity index is 610. The molecule has 0 unspecified atom stereocenters. The summed E-state index contributed by atoms with van der Waals surface area (Å²) in [5.41, 5.74) is 0.169. The zero-order chi connectivity index (χ0) is 13.9. The molecule has 1 aromatic carbocycles. The fraction of sp³-hybridized carbons (Fsp3) is 0.100. The lowest BCUT2D eigenvalue weighted by atomic mass is 10.2. The molecule has 1 rings (SSSR count). The van der Waals surface area contributed by atoms with E-state index in [9.17, 15) is 17.6 Å². The van der Waals surface area contributed by atoms with E-state index in [1.54, 1.807) is 0 Å². The van der Waals surface area contributed by atoms with Gasteiger partial charge in [0.25, 0.3) is 0 Å². The molecular formula is C10H7Cl2FO4S. The third kappa shape index (κ3) is 3.44. The summed E-state index contributed by atoms with van der Waals surface area (Å²) in [6, 6.07) is 2.48. The number of carboxylic acid groups (broad SMARTS) is 1. The number of carboxylic acids is 1. The average Bonchev–Trinajstić information content (AvgIpc) is 2.28. The number of hydrogen-bond acceptors (Lipinski definition) is 3. The third-order valence-electron chi connectivity index (χ3n) is 1.97. The molecule has 0 radical (unpaired) electrons. The molecule has 0 saturated carbocycles. The van der Waals surface area contributed by atoms with Gasteiger partial charge in [0.05, 0.1) is 16.2 Å². The largest absolute Gasteiger partial charge is 0.478 e. The second kappa shape index (κ2) is 5.69. The Labute approximate surface area is 113 Å². The second-order valence-electron chi connectivity index (χ2n) is 3.26. The number of halogens is 3. The summed E-state index contributed by atoms with van der Waals surface area (Å²) in [6.45, 7) is 0. The molecule has 0 aromatic heterocycles. The molecule has 98 valence electrons. The lowest BCUT2D eigenvalue weighted by Crippen LogP contribution is -2.09. The van der Waals surface area contributed by atoms with Gasteiger partial charge < -0.3 is 5.11 Å². The first-order valence-corrected chi connectivity index (χ1v) is 6.95. The van der Waals surface area contributed by atoms with E-state index >= 15 is 0 Å². The van der Waals surface area contributed by atoms with Crippen molar-refractivity contribution in [2.75, 3.05) is 5.75 Å². The quantitative estimate of drug-likeness (QED) is 0.867. The molecule has 1 aromatic rings. The SMILES string of the molecule is O=C(O)c1cc(S(=O)(=O)CC(Cl)=CCl)ccc1F. The highest BCUT2D eigenvalue weighted by Crippen LogP contribution is 2.19. The summed E-state index contributed by atoms with van der Waals surface area (Å²) in [5, 5.41) is 8.56. The van der Waals surface area contributed by atoms with Gasteiger partial charge in [0.15, 0.2) is 9.84 Å². The van der Waals surface area contributed by atoms with Crippen molar-refractivity contribution in [3.63, 3.8) is 0 Å². The second-order valence-corrected chi connectivity index (χ2v) is 5.96. The van der Waals surface area contributed by atoms with Crippen molar-refractivity contribution in [2.45, 2.75) is 4.90 Å². The Morgan fingerprint density at radius 1 is 1.44 bits per heavy atom. The van der Waals surface area contributed by atoms with Crippen LogP contribution in [-0.2, 0) is 9.84 Å². The predicted octanol–water partition coefficient (Wildman–Crippen LogP) is 2.62. The summed E-state index contributed by atoms with van der Waals surface area (Å²) >= 11 is 10.7. The van der Waals surface area contributed by atoms with Crippen LogP contribution >= 0.6 is 23.2 Å². The topological polar surface area (TPSA) is 71.4 Å². The van der Waals surface area contributed by atoms with Crippen LogP contribution in [0.15, 0.2) is 33.7 Å². The van der Waals surface area contributed by atoms with E-state index in [4.69, 9.17) is 28.3 Å². The molecule has 4 nitrogen and oxygen atoms in total. The summed E-state index contributed by atoms with van der Waals surface area (Å²) in [4.78, 5) is 10.4. The zero-order valence-electron chi connectivity index (χ0n) is 8.73. The van der Waals surface area contributed by atoms with Crippen LogP contribution in [-0.4, -0.2) is 25.2 Å². The number of rotatable bonds is 4. The van der Waals surface area contributed by atoms with E-state index in [-0.39, 0.29) is 9.93 Å². The van der Waals surface area contributed by atoms with Gasteiger partial charge in [-0.25, -0.2) is 17.6 Å². The number of sulfone groups is 1. The predicted molar refractivity (Wildman–Crippen MR) is 65.2 cm³/mol. The first-order chi connectivity index (χ1) is 8.27. The molecule has 1 N–H and O–H groups in total. The van der Waals surface area contributed by atoms with Crippen molar-refractivity contribution in [3.05, 3.63) is 40.1 Å². The fourth-order valence-corrected chi connectivity index (χ4v) is 2.94. The molecule has 0 fully saturated rings. The minimum Gasteiger partial charge on any atom is -0.478 e. The summed E-state index contributed by atoms with van der Waals surface area (Å²) in [6.07, 6.45) is 0. The van der Waals surface area contributed by atoms with Crippen LogP contribution in [0.1, 0.15) is 10.4 Å². The van der Waals surface area contributed by atoms with E-state index in [0.717, 1.165) is 23.7 Å². The summed E-state index contributed by atoms with van der Waals surface area (Å²) in [5.74, 6) is -3.15. The lowest BCUT2D eigenvalue weighted by molar-refractivity contribution is 0.0691. The molecular weight excluding hydrogens is 306 g/mol.